The Morgan fingerprint density at radius 1 is 0.500 bits per heavy atom. The molecule has 7 aromatic carbocycles. The summed E-state index contributed by atoms with van der Waals surface area (Å²) in [6.07, 6.45) is 0. The van der Waals surface area contributed by atoms with Gasteiger partial charge in [0.2, 0.25) is 0 Å². The molecule has 0 bridgehead atoms. The van der Waals surface area contributed by atoms with E-state index in [-0.39, 0.29) is 0 Å². The van der Waals surface area contributed by atoms with Gasteiger partial charge < -0.3 is 4.90 Å². The van der Waals surface area contributed by atoms with E-state index >= 15 is 0 Å². The monoisotopic (exact) mass is 603 g/mol. The molecule has 214 valence electrons. The molecule has 0 amide bonds. The number of hydrogen-bond acceptors (Lipinski definition) is 4. The van der Waals surface area contributed by atoms with Crippen molar-refractivity contribution in [1.82, 2.24) is 9.97 Å². The van der Waals surface area contributed by atoms with E-state index in [4.69, 9.17) is 9.97 Å². The van der Waals surface area contributed by atoms with Gasteiger partial charge in [0.05, 0.1) is 22.6 Å². The first-order chi connectivity index (χ1) is 22.8. The second kappa shape index (κ2) is 9.83. The summed E-state index contributed by atoms with van der Waals surface area (Å²) in [7, 11) is 0. The van der Waals surface area contributed by atoms with E-state index in [1.807, 2.05) is 11.3 Å². The van der Waals surface area contributed by atoms with Crippen molar-refractivity contribution >= 4 is 70.2 Å². The summed E-state index contributed by atoms with van der Waals surface area (Å²) in [5.74, 6) is 0.720. The molecule has 0 saturated heterocycles. The third-order valence-corrected chi connectivity index (χ3v) is 10.4. The van der Waals surface area contributed by atoms with Gasteiger partial charge in [-0.15, -0.1) is 11.3 Å². The maximum Gasteiger partial charge on any atom is 0.160 e. The average molecular weight is 604 g/mol. The zero-order valence-electron chi connectivity index (χ0n) is 24.7. The Labute approximate surface area is 269 Å². The molecule has 9 aromatic rings. The Balaban J connectivity index is 1.19. The second-order valence-corrected chi connectivity index (χ2v) is 12.8. The topological polar surface area (TPSA) is 29.0 Å². The van der Waals surface area contributed by atoms with Gasteiger partial charge in [-0.3, -0.25) is 0 Å². The number of para-hydroxylation sites is 2. The van der Waals surface area contributed by atoms with Crippen LogP contribution in [0.15, 0.2) is 152 Å². The van der Waals surface area contributed by atoms with Crippen LogP contribution >= 0.6 is 11.3 Å². The number of aromatic nitrogens is 2. The third kappa shape index (κ3) is 3.71. The van der Waals surface area contributed by atoms with Gasteiger partial charge in [-0.05, 0) is 47.3 Å². The Hall–Kier alpha value is -5.84. The van der Waals surface area contributed by atoms with E-state index in [0.717, 1.165) is 39.2 Å². The fourth-order valence-electron chi connectivity index (χ4n) is 7.17. The van der Waals surface area contributed by atoms with Crippen molar-refractivity contribution < 1.29 is 0 Å². The molecule has 0 atom stereocenters. The molecule has 0 radical (unpaired) electrons. The van der Waals surface area contributed by atoms with Crippen LogP contribution in [0, 0.1) is 0 Å². The molecular formula is C42H25N3S. The SMILES string of the molecule is c1cc(-c2nc(-c3cccc4c3sc3ccccc34)c3ccccc3n2)cc(N2c3ccccc3-c3cccc4cccc2c34)c1. The molecule has 4 heteroatoms. The fraction of sp³-hybridized carbons (Fsp3) is 0. The fourth-order valence-corrected chi connectivity index (χ4v) is 8.38. The number of thiophene rings is 1. The predicted molar refractivity (Wildman–Crippen MR) is 194 cm³/mol. The summed E-state index contributed by atoms with van der Waals surface area (Å²) < 4.78 is 2.54. The molecule has 0 spiro atoms. The van der Waals surface area contributed by atoms with Crippen molar-refractivity contribution in [2.75, 3.05) is 4.90 Å². The lowest BCUT2D eigenvalue weighted by molar-refractivity contribution is 1.22. The summed E-state index contributed by atoms with van der Waals surface area (Å²) in [6.45, 7) is 0. The number of nitrogens with zero attached hydrogens (tertiary/aromatic N) is 3. The van der Waals surface area contributed by atoms with E-state index in [1.54, 1.807) is 0 Å². The number of hydrogen-bond donors (Lipinski definition) is 0. The van der Waals surface area contributed by atoms with Crippen molar-refractivity contribution in [3.63, 3.8) is 0 Å². The number of anilines is 3. The first-order valence-corrected chi connectivity index (χ1v) is 16.3. The minimum atomic E-state index is 0.720. The lowest BCUT2D eigenvalue weighted by Crippen LogP contribution is -2.15. The van der Waals surface area contributed by atoms with Gasteiger partial charge in [0.15, 0.2) is 5.82 Å². The van der Waals surface area contributed by atoms with Crippen LogP contribution in [0.5, 0.6) is 0 Å². The van der Waals surface area contributed by atoms with Gasteiger partial charge in [-0.2, -0.15) is 0 Å². The van der Waals surface area contributed by atoms with Crippen molar-refractivity contribution in [2.24, 2.45) is 0 Å². The number of benzene rings is 7. The van der Waals surface area contributed by atoms with Crippen LogP contribution in [0.2, 0.25) is 0 Å². The molecule has 1 aliphatic heterocycles. The van der Waals surface area contributed by atoms with Gasteiger partial charge in [-0.1, -0.05) is 115 Å². The van der Waals surface area contributed by atoms with Crippen LogP contribution in [-0.2, 0) is 0 Å². The van der Waals surface area contributed by atoms with E-state index in [1.165, 1.54) is 53.4 Å². The van der Waals surface area contributed by atoms with E-state index in [2.05, 4.69) is 157 Å². The lowest BCUT2D eigenvalue weighted by atomic mass is 9.91. The van der Waals surface area contributed by atoms with Crippen molar-refractivity contribution in [3.05, 3.63) is 152 Å². The molecule has 10 rings (SSSR count). The van der Waals surface area contributed by atoms with Crippen molar-refractivity contribution in [2.45, 2.75) is 0 Å². The van der Waals surface area contributed by atoms with E-state index in [9.17, 15) is 0 Å². The van der Waals surface area contributed by atoms with E-state index in [0.29, 0.717) is 0 Å². The normalized spacial score (nSPS) is 12.3. The molecule has 3 nitrogen and oxygen atoms in total. The Kier molecular flexibility index (Phi) is 5.45. The zero-order chi connectivity index (χ0) is 30.2. The second-order valence-electron chi connectivity index (χ2n) is 11.8. The molecule has 0 fully saturated rings. The Bertz CT molecular complexity index is 2670. The summed E-state index contributed by atoms with van der Waals surface area (Å²) in [6, 6.07) is 54.1. The molecular weight excluding hydrogens is 579 g/mol. The quantitative estimate of drug-likeness (QED) is 0.201. The first kappa shape index (κ1) is 25.5. The highest BCUT2D eigenvalue weighted by Crippen LogP contribution is 2.51. The highest BCUT2D eigenvalue weighted by Gasteiger charge is 2.26. The van der Waals surface area contributed by atoms with Gasteiger partial charge in [-0.25, -0.2) is 9.97 Å². The molecule has 3 heterocycles. The summed E-state index contributed by atoms with van der Waals surface area (Å²) >= 11 is 1.83. The van der Waals surface area contributed by atoms with Crippen molar-refractivity contribution in [1.29, 1.82) is 0 Å². The third-order valence-electron chi connectivity index (χ3n) is 9.18. The standard InChI is InChI=1S/C42H25N3S/c1-4-21-35-33(17-1)40(34-20-10-19-32-30-16-3-6-24-38(30)46-41(32)34)44-42(43-35)27-13-7-14-28(25-27)45-36-22-5-2-15-29(36)31-18-8-11-26-12-9-23-37(45)39(26)31/h1-25H. The molecule has 0 unspecified atom stereocenters. The van der Waals surface area contributed by atoms with Crippen LogP contribution in [0.25, 0.3) is 75.6 Å². The largest absolute Gasteiger partial charge is 0.309 e. The Morgan fingerprint density at radius 3 is 2.15 bits per heavy atom. The predicted octanol–water partition coefficient (Wildman–Crippen LogP) is 11.9. The van der Waals surface area contributed by atoms with Crippen molar-refractivity contribution in [3.8, 4) is 33.8 Å². The molecule has 0 saturated carbocycles. The smallest absolute Gasteiger partial charge is 0.160 e. The first-order valence-electron chi connectivity index (χ1n) is 15.5. The Morgan fingerprint density at radius 2 is 1.20 bits per heavy atom. The molecule has 2 aromatic heterocycles. The molecule has 0 aliphatic carbocycles. The minimum Gasteiger partial charge on any atom is -0.309 e. The molecule has 46 heavy (non-hydrogen) atoms. The van der Waals surface area contributed by atoms with Gasteiger partial charge in [0.1, 0.15) is 0 Å². The highest BCUT2D eigenvalue weighted by atomic mass is 32.1. The van der Waals surface area contributed by atoms with Gasteiger partial charge in [0, 0.05) is 53.3 Å². The van der Waals surface area contributed by atoms with Crippen LogP contribution in [-0.4, -0.2) is 9.97 Å². The van der Waals surface area contributed by atoms with E-state index < -0.39 is 0 Å². The maximum absolute atomic E-state index is 5.34. The number of fused-ring (bicyclic) bond motifs is 6. The van der Waals surface area contributed by atoms with Crippen LogP contribution in [0.1, 0.15) is 0 Å². The summed E-state index contributed by atoms with van der Waals surface area (Å²) in [5.41, 5.74) is 9.96. The van der Waals surface area contributed by atoms with Crippen LogP contribution in [0.3, 0.4) is 0 Å². The van der Waals surface area contributed by atoms with Gasteiger partial charge >= 0.3 is 0 Å². The molecule has 0 N–H and O–H groups in total. The van der Waals surface area contributed by atoms with Crippen LogP contribution in [0.4, 0.5) is 17.1 Å². The minimum absolute atomic E-state index is 0.720. The molecule has 1 aliphatic rings. The summed E-state index contributed by atoms with van der Waals surface area (Å²) in [5, 5.41) is 6.12. The highest BCUT2D eigenvalue weighted by molar-refractivity contribution is 7.26. The zero-order valence-corrected chi connectivity index (χ0v) is 25.5. The summed E-state index contributed by atoms with van der Waals surface area (Å²) in [4.78, 5) is 12.9. The maximum atomic E-state index is 5.34. The van der Waals surface area contributed by atoms with Crippen LogP contribution < -0.4 is 4.90 Å². The van der Waals surface area contributed by atoms with Gasteiger partial charge in [0.25, 0.3) is 0 Å². The average Bonchev–Trinajstić information content (AvgIpc) is 3.51. The lowest BCUT2D eigenvalue weighted by Gasteiger charge is -2.33. The number of rotatable bonds is 3.